The third kappa shape index (κ3) is 2.34. The molecular weight excluding hydrogens is 316 g/mol. The monoisotopic (exact) mass is 326 g/mol. The molecule has 3 nitrogen and oxygen atoms in total. The lowest BCUT2D eigenvalue weighted by molar-refractivity contribution is 0.103. The molecule has 0 aliphatic carbocycles. The summed E-state index contributed by atoms with van der Waals surface area (Å²) in [6.45, 7) is 0. The molecule has 0 unspecified atom stereocenters. The highest BCUT2D eigenvalue weighted by molar-refractivity contribution is 7.13. The SMILES string of the molecule is O=C(c1coc(-c2cccs2)c1)c1coc(-c2cccs2)c1. The van der Waals surface area contributed by atoms with Crippen molar-refractivity contribution in [3.05, 3.63) is 70.8 Å². The van der Waals surface area contributed by atoms with Crippen LogP contribution in [0.1, 0.15) is 15.9 Å². The van der Waals surface area contributed by atoms with Gasteiger partial charge in [0, 0.05) is 0 Å². The van der Waals surface area contributed by atoms with Gasteiger partial charge in [0.1, 0.15) is 24.0 Å². The molecule has 4 aromatic rings. The third-order valence-electron chi connectivity index (χ3n) is 3.25. The number of thiophene rings is 2. The van der Waals surface area contributed by atoms with Gasteiger partial charge in [-0.1, -0.05) is 12.1 Å². The molecule has 4 rings (SSSR count). The number of hydrogen-bond acceptors (Lipinski definition) is 5. The van der Waals surface area contributed by atoms with Crippen molar-refractivity contribution in [2.45, 2.75) is 0 Å². The highest BCUT2D eigenvalue weighted by Crippen LogP contribution is 2.30. The van der Waals surface area contributed by atoms with Crippen LogP contribution in [0.5, 0.6) is 0 Å². The maximum absolute atomic E-state index is 12.5. The molecule has 4 heterocycles. The lowest BCUT2D eigenvalue weighted by Crippen LogP contribution is -1.96. The van der Waals surface area contributed by atoms with E-state index >= 15 is 0 Å². The molecule has 0 fully saturated rings. The quantitative estimate of drug-likeness (QED) is 0.461. The topological polar surface area (TPSA) is 43.4 Å². The van der Waals surface area contributed by atoms with Gasteiger partial charge in [-0.05, 0) is 35.0 Å². The lowest BCUT2D eigenvalue weighted by Gasteiger charge is -1.90. The number of ketones is 1. The lowest BCUT2D eigenvalue weighted by atomic mass is 10.1. The number of hydrogen-bond donors (Lipinski definition) is 0. The third-order valence-corrected chi connectivity index (χ3v) is 5.02. The summed E-state index contributed by atoms with van der Waals surface area (Å²) in [5.41, 5.74) is 1.06. The van der Waals surface area contributed by atoms with Crippen LogP contribution >= 0.6 is 22.7 Å². The van der Waals surface area contributed by atoms with Crippen molar-refractivity contribution < 1.29 is 13.6 Å². The van der Waals surface area contributed by atoms with E-state index in [9.17, 15) is 4.79 Å². The van der Waals surface area contributed by atoms with E-state index in [-0.39, 0.29) is 5.78 Å². The Morgan fingerprint density at radius 1 is 0.818 bits per heavy atom. The van der Waals surface area contributed by atoms with Crippen molar-refractivity contribution in [2.24, 2.45) is 0 Å². The van der Waals surface area contributed by atoms with Gasteiger partial charge in [-0.2, -0.15) is 0 Å². The Balaban J connectivity index is 1.62. The summed E-state index contributed by atoms with van der Waals surface area (Å²) in [4.78, 5) is 14.5. The van der Waals surface area contributed by atoms with Crippen molar-refractivity contribution in [1.82, 2.24) is 0 Å². The average molecular weight is 326 g/mol. The smallest absolute Gasteiger partial charge is 0.199 e. The van der Waals surface area contributed by atoms with Crippen LogP contribution in [0.25, 0.3) is 21.3 Å². The normalized spacial score (nSPS) is 10.9. The Bertz CT molecular complexity index is 821. The van der Waals surface area contributed by atoms with Crippen LogP contribution in [0.2, 0.25) is 0 Å². The summed E-state index contributed by atoms with van der Waals surface area (Å²) in [7, 11) is 0. The van der Waals surface area contributed by atoms with Crippen molar-refractivity contribution in [1.29, 1.82) is 0 Å². The van der Waals surface area contributed by atoms with Gasteiger partial charge in [-0.25, -0.2) is 0 Å². The van der Waals surface area contributed by atoms with Crippen molar-refractivity contribution in [3.63, 3.8) is 0 Å². The summed E-state index contributed by atoms with van der Waals surface area (Å²) in [5.74, 6) is 1.32. The van der Waals surface area contributed by atoms with Gasteiger partial charge in [-0.3, -0.25) is 4.79 Å². The minimum atomic E-state index is -0.0990. The van der Waals surface area contributed by atoms with E-state index in [0.717, 1.165) is 9.75 Å². The first-order valence-electron chi connectivity index (χ1n) is 6.61. The van der Waals surface area contributed by atoms with E-state index in [0.29, 0.717) is 22.6 Å². The summed E-state index contributed by atoms with van der Waals surface area (Å²) >= 11 is 3.15. The number of carbonyl (C=O) groups excluding carboxylic acids is 1. The molecule has 0 saturated heterocycles. The largest absolute Gasteiger partial charge is 0.463 e. The van der Waals surface area contributed by atoms with E-state index in [2.05, 4.69) is 0 Å². The second-order valence-corrected chi connectivity index (χ2v) is 6.58. The zero-order chi connectivity index (χ0) is 14.9. The maximum Gasteiger partial charge on any atom is 0.199 e. The molecule has 0 amide bonds. The Kier molecular flexibility index (Phi) is 3.29. The molecule has 4 aromatic heterocycles. The molecule has 0 bridgehead atoms. The van der Waals surface area contributed by atoms with Gasteiger partial charge in [-0.15, -0.1) is 22.7 Å². The molecule has 0 spiro atoms. The van der Waals surface area contributed by atoms with E-state index in [4.69, 9.17) is 8.83 Å². The fraction of sp³-hybridized carbons (Fsp3) is 0. The molecule has 0 radical (unpaired) electrons. The molecule has 0 aliphatic heterocycles. The zero-order valence-corrected chi connectivity index (χ0v) is 12.9. The summed E-state index contributed by atoms with van der Waals surface area (Å²) in [6.07, 6.45) is 2.99. The minimum absolute atomic E-state index is 0.0990. The highest BCUT2D eigenvalue weighted by atomic mass is 32.1. The fourth-order valence-electron chi connectivity index (χ4n) is 2.17. The summed E-state index contributed by atoms with van der Waals surface area (Å²) in [5, 5.41) is 3.95. The molecule has 0 aliphatic rings. The van der Waals surface area contributed by atoms with E-state index in [1.54, 1.807) is 34.8 Å². The second kappa shape index (κ2) is 5.44. The molecule has 0 aromatic carbocycles. The fourth-order valence-corrected chi connectivity index (χ4v) is 3.54. The summed E-state index contributed by atoms with van der Waals surface area (Å²) < 4.78 is 11.0. The van der Waals surface area contributed by atoms with Crippen LogP contribution in [-0.2, 0) is 0 Å². The van der Waals surface area contributed by atoms with E-state index < -0.39 is 0 Å². The molecule has 0 N–H and O–H groups in total. The molecule has 108 valence electrons. The van der Waals surface area contributed by atoms with E-state index in [1.165, 1.54) is 12.5 Å². The van der Waals surface area contributed by atoms with Crippen LogP contribution in [0.15, 0.2) is 68.5 Å². The zero-order valence-electron chi connectivity index (χ0n) is 11.3. The predicted molar refractivity (Wildman–Crippen MR) is 87.5 cm³/mol. The van der Waals surface area contributed by atoms with Gasteiger partial charge < -0.3 is 8.83 Å². The van der Waals surface area contributed by atoms with Crippen LogP contribution in [0, 0.1) is 0 Å². The molecule has 0 saturated carbocycles. The molecular formula is C17H10O3S2. The first kappa shape index (κ1) is 13.3. The van der Waals surface area contributed by atoms with Crippen molar-refractivity contribution in [3.8, 4) is 21.3 Å². The van der Waals surface area contributed by atoms with Crippen LogP contribution in [0.3, 0.4) is 0 Å². The standard InChI is InChI=1S/C17H10O3S2/c18-17(11-7-13(19-9-11)15-3-1-5-21-15)12-8-14(20-10-12)16-4-2-6-22-16/h1-10H. The highest BCUT2D eigenvalue weighted by Gasteiger charge is 2.17. The molecule has 22 heavy (non-hydrogen) atoms. The number of furan rings is 2. The Labute approximate surface area is 134 Å². The Morgan fingerprint density at radius 3 is 1.73 bits per heavy atom. The maximum atomic E-state index is 12.5. The Hall–Kier alpha value is -2.37. The number of carbonyl (C=O) groups is 1. The minimum Gasteiger partial charge on any atom is -0.463 e. The Morgan fingerprint density at radius 2 is 1.32 bits per heavy atom. The van der Waals surface area contributed by atoms with Gasteiger partial charge in [0.15, 0.2) is 5.78 Å². The molecule has 5 heteroatoms. The van der Waals surface area contributed by atoms with Crippen LogP contribution < -0.4 is 0 Å². The first-order chi connectivity index (χ1) is 10.8. The first-order valence-corrected chi connectivity index (χ1v) is 8.37. The predicted octanol–water partition coefficient (Wildman–Crippen LogP) is 5.56. The van der Waals surface area contributed by atoms with Gasteiger partial charge in [0.2, 0.25) is 0 Å². The second-order valence-electron chi connectivity index (χ2n) is 4.68. The van der Waals surface area contributed by atoms with Gasteiger partial charge in [0.05, 0.1) is 20.9 Å². The van der Waals surface area contributed by atoms with Crippen molar-refractivity contribution >= 4 is 28.5 Å². The average Bonchev–Trinajstić information content (AvgIpc) is 3.35. The van der Waals surface area contributed by atoms with Crippen molar-refractivity contribution in [2.75, 3.05) is 0 Å². The van der Waals surface area contributed by atoms with Crippen LogP contribution in [-0.4, -0.2) is 5.78 Å². The van der Waals surface area contributed by atoms with Gasteiger partial charge >= 0.3 is 0 Å². The van der Waals surface area contributed by atoms with Crippen LogP contribution in [0.4, 0.5) is 0 Å². The summed E-state index contributed by atoms with van der Waals surface area (Å²) in [6, 6.07) is 11.4. The molecule has 0 atom stereocenters. The van der Waals surface area contributed by atoms with E-state index in [1.807, 2.05) is 35.0 Å². The number of rotatable bonds is 4. The van der Waals surface area contributed by atoms with Gasteiger partial charge in [0.25, 0.3) is 0 Å².